The van der Waals surface area contributed by atoms with Gasteiger partial charge in [-0.15, -0.1) is 0 Å². The standard InChI is InChI=1S/C13H20N5P/c1-8-12(6-11-4-5-17(19)7-11)9(2)18-13(14-8)15-10(3)16-18/h11H,4-7,19H2,1-3H3. The van der Waals surface area contributed by atoms with E-state index in [1.165, 1.54) is 24.2 Å². The van der Waals surface area contributed by atoms with Gasteiger partial charge in [-0.1, -0.05) is 9.39 Å². The van der Waals surface area contributed by atoms with Crippen LogP contribution in [0.15, 0.2) is 0 Å². The highest BCUT2D eigenvalue weighted by Gasteiger charge is 2.22. The summed E-state index contributed by atoms with van der Waals surface area (Å²) in [5.74, 6) is 2.22. The SMILES string of the molecule is Cc1nc2nc(C)c(CC3CCN(P)C3)c(C)n2n1. The summed E-state index contributed by atoms with van der Waals surface area (Å²) in [7, 11) is 2.80. The van der Waals surface area contributed by atoms with E-state index in [1.807, 2.05) is 11.4 Å². The Morgan fingerprint density at radius 3 is 2.74 bits per heavy atom. The van der Waals surface area contributed by atoms with Crippen LogP contribution in [0.2, 0.25) is 0 Å². The van der Waals surface area contributed by atoms with Gasteiger partial charge in [0, 0.05) is 24.5 Å². The second kappa shape index (κ2) is 4.80. The summed E-state index contributed by atoms with van der Waals surface area (Å²) in [5.41, 5.74) is 3.62. The Hall–Kier alpha value is -1.06. The maximum atomic E-state index is 4.59. The van der Waals surface area contributed by atoms with Gasteiger partial charge in [0.05, 0.1) is 0 Å². The van der Waals surface area contributed by atoms with Gasteiger partial charge in [-0.3, -0.25) is 4.67 Å². The van der Waals surface area contributed by atoms with Gasteiger partial charge < -0.3 is 0 Å². The highest BCUT2D eigenvalue weighted by molar-refractivity contribution is 7.13. The molecular weight excluding hydrogens is 257 g/mol. The molecule has 1 aliphatic rings. The Balaban J connectivity index is 1.98. The Morgan fingerprint density at radius 1 is 1.26 bits per heavy atom. The molecule has 5 nitrogen and oxygen atoms in total. The Kier molecular flexibility index (Phi) is 3.27. The summed E-state index contributed by atoms with van der Waals surface area (Å²) in [6.07, 6.45) is 2.35. The normalized spacial score (nSPS) is 20.5. The molecule has 6 heteroatoms. The first-order chi connectivity index (χ1) is 9.04. The van der Waals surface area contributed by atoms with Crippen molar-refractivity contribution in [3.8, 4) is 0 Å². The van der Waals surface area contributed by atoms with Gasteiger partial charge in [-0.05, 0) is 45.1 Å². The van der Waals surface area contributed by atoms with Crippen LogP contribution in [-0.4, -0.2) is 37.3 Å². The van der Waals surface area contributed by atoms with Crippen molar-refractivity contribution in [1.82, 2.24) is 24.3 Å². The fraction of sp³-hybridized carbons (Fsp3) is 0.615. The molecule has 0 amide bonds. The monoisotopic (exact) mass is 277 g/mol. The van der Waals surface area contributed by atoms with Crippen molar-refractivity contribution < 1.29 is 0 Å². The topological polar surface area (TPSA) is 46.3 Å². The number of rotatable bonds is 2. The predicted octanol–water partition coefficient (Wildman–Crippen LogP) is 1.70. The van der Waals surface area contributed by atoms with Gasteiger partial charge >= 0.3 is 0 Å². The molecule has 1 saturated heterocycles. The molecule has 0 radical (unpaired) electrons. The first-order valence-electron chi connectivity index (χ1n) is 6.73. The van der Waals surface area contributed by atoms with Gasteiger partial charge in [-0.2, -0.15) is 10.1 Å². The molecule has 0 saturated carbocycles. The zero-order valence-electron chi connectivity index (χ0n) is 11.7. The van der Waals surface area contributed by atoms with Crippen molar-refractivity contribution in [3.63, 3.8) is 0 Å². The van der Waals surface area contributed by atoms with E-state index < -0.39 is 0 Å². The van der Waals surface area contributed by atoms with Gasteiger partial charge in [0.1, 0.15) is 5.82 Å². The molecule has 1 aliphatic heterocycles. The second-order valence-corrected chi connectivity index (χ2v) is 6.22. The summed E-state index contributed by atoms with van der Waals surface area (Å²) in [4.78, 5) is 8.94. The third-order valence-electron chi connectivity index (χ3n) is 3.96. The van der Waals surface area contributed by atoms with Gasteiger partial charge in [0.15, 0.2) is 0 Å². The van der Waals surface area contributed by atoms with E-state index >= 15 is 0 Å². The van der Waals surface area contributed by atoms with Crippen molar-refractivity contribution in [2.24, 2.45) is 5.92 Å². The molecule has 2 unspecified atom stereocenters. The second-order valence-electron chi connectivity index (χ2n) is 5.49. The van der Waals surface area contributed by atoms with Crippen molar-refractivity contribution in [3.05, 3.63) is 22.8 Å². The van der Waals surface area contributed by atoms with Crippen molar-refractivity contribution in [2.75, 3.05) is 13.1 Å². The first kappa shape index (κ1) is 12.9. The fourth-order valence-corrected chi connectivity index (χ4v) is 3.37. The maximum Gasteiger partial charge on any atom is 0.252 e. The number of nitrogens with zero attached hydrogens (tertiary/aromatic N) is 5. The summed E-state index contributed by atoms with van der Waals surface area (Å²) in [5, 5.41) is 4.43. The average Bonchev–Trinajstić information content (AvgIpc) is 2.90. The molecule has 0 bridgehead atoms. The molecule has 3 rings (SSSR count). The lowest BCUT2D eigenvalue weighted by Crippen LogP contribution is -2.13. The van der Waals surface area contributed by atoms with E-state index in [0.717, 1.165) is 36.2 Å². The fourth-order valence-electron chi connectivity index (χ4n) is 2.92. The van der Waals surface area contributed by atoms with E-state index in [1.54, 1.807) is 0 Å². The smallest absolute Gasteiger partial charge is 0.252 e. The van der Waals surface area contributed by atoms with Crippen LogP contribution in [0.4, 0.5) is 0 Å². The van der Waals surface area contributed by atoms with Crippen molar-refractivity contribution >= 4 is 15.2 Å². The third kappa shape index (κ3) is 2.37. The summed E-state index contributed by atoms with van der Waals surface area (Å²) < 4.78 is 4.20. The molecule has 0 aliphatic carbocycles. The van der Waals surface area contributed by atoms with Crippen LogP contribution in [0.5, 0.6) is 0 Å². The molecular formula is C13H20N5P. The zero-order valence-corrected chi connectivity index (χ0v) is 12.9. The maximum absolute atomic E-state index is 4.59. The lowest BCUT2D eigenvalue weighted by Gasteiger charge is -2.14. The molecule has 2 atom stereocenters. The lowest BCUT2D eigenvalue weighted by atomic mass is 9.97. The Morgan fingerprint density at radius 2 is 2.05 bits per heavy atom. The summed E-state index contributed by atoms with van der Waals surface area (Å²) >= 11 is 0. The quantitative estimate of drug-likeness (QED) is 0.784. The Labute approximate surface area is 115 Å². The number of hydrogen-bond donors (Lipinski definition) is 0. The molecule has 19 heavy (non-hydrogen) atoms. The van der Waals surface area contributed by atoms with Crippen LogP contribution >= 0.6 is 9.39 Å². The van der Waals surface area contributed by atoms with Gasteiger partial charge in [0.25, 0.3) is 5.78 Å². The average molecular weight is 277 g/mol. The number of aromatic nitrogens is 4. The van der Waals surface area contributed by atoms with Crippen LogP contribution < -0.4 is 0 Å². The molecule has 1 fully saturated rings. The number of fused-ring (bicyclic) bond motifs is 1. The minimum Gasteiger partial charge on any atom is -0.287 e. The number of aryl methyl sites for hydroxylation is 3. The minimum absolute atomic E-state index is 0.718. The predicted molar refractivity (Wildman–Crippen MR) is 78.1 cm³/mol. The molecule has 0 spiro atoms. The van der Waals surface area contributed by atoms with E-state index in [-0.39, 0.29) is 0 Å². The van der Waals surface area contributed by atoms with Crippen molar-refractivity contribution in [1.29, 1.82) is 0 Å². The molecule has 3 heterocycles. The summed E-state index contributed by atoms with van der Waals surface area (Å²) in [6.45, 7) is 8.44. The minimum atomic E-state index is 0.718. The van der Waals surface area contributed by atoms with Gasteiger partial charge in [0.2, 0.25) is 0 Å². The van der Waals surface area contributed by atoms with Crippen molar-refractivity contribution in [2.45, 2.75) is 33.6 Å². The van der Waals surface area contributed by atoms with E-state index in [4.69, 9.17) is 0 Å². The van der Waals surface area contributed by atoms with Gasteiger partial charge in [-0.25, -0.2) is 9.50 Å². The molecule has 102 valence electrons. The van der Waals surface area contributed by atoms with Crippen LogP contribution in [0, 0.1) is 26.7 Å². The zero-order chi connectivity index (χ0) is 13.6. The van der Waals surface area contributed by atoms with Crippen LogP contribution in [0.25, 0.3) is 5.78 Å². The third-order valence-corrected chi connectivity index (χ3v) is 4.43. The Bertz CT molecular complexity index is 621. The molecule has 2 aromatic heterocycles. The highest BCUT2D eigenvalue weighted by Crippen LogP contribution is 2.25. The van der Waals surface area contributed by atoms with Crippen LogP contribution in [0.3, 0.4) is 0 Å². The lowest BCUT2D eigenvalue weighted by molar-refractivity contribution is 0.516. The van der Waals surface area contributed by atoms with Crippen LogP contribution in [-0.2, 0) is 6.42 Å². The van der Waals surface area contributed by atoms with Crippen LogP contribution in [0.1, 0.15) is 29.2 Å². The molecule has 2 aromatic rings. The number of hydrogen-bond acceptors (Lipinski definition) is 4. The largest absolute Gasteiger partial charge is 0.287 e. The summed E-state index contributed by atoms with van der Waals surface area (Å²) in [6, 6.07) is 0. The van der Waals surface area contributed by atoms with E-state index in [2.05, 4.69) is 43.0 Å². The molecule has 0 N–H and O–H groups in total. The van der Waals surface area contributed by atoms with E-state index in [9.17, 15) is 0 Å². The highest BCUT2D eigenvalue weighted by atomic mass is 31.0. The van der Waals surface area contributed by atoms with E-state index in [0.29, 0.717) is 0 Å². The molecule has 0 aromatic carbocycles. The first-order valence-corrected chi connectivity index (χ1v) is 7.25.